The maximum Gasteiger partial charge on any atom is 0.175 e. The molecule has 1 aliphatic heterocycles. The van der Waals surface area contributed by atoms with E-state index in [9.17, 15) is 8.42 Å². The molecule has 1 heterocycles. The van der Waals surface area contributed by atoms with Gasteiger partial charge < -0.3 is 9.64 Å². The van der Waals surface area contributed by atoms with E-state index < -0.39 is 9.84 Å². The van der Waals surface area contributed by atoms with Crippen molar-refractivity contribution in [2.45, 2.75) is 31.3 Å². The second kappa shape index (κ2) is 6.97. The number of para-hydroxylation sites is 1. The topological polar surface area (TPSA) is 46.6 Å². The monoisotopic (exact) mass is 391 g/mol. The molecule has 0 radical (unpaired) electrons. The number of hydrogen-bond acceptors (Lipinski definition) is 4. The van der Waals surface area contributed by atoms with Gasteiger partial charge in [0.05, 0.1) is 21.7 Å². The Morgan fingerprint density at radius 2 is 2.00 bits per heavy atom. The maximum atomic E-state index is 12.0. The smallest absolute Gasteiger partial charge is 0.175 e. The summed E-state index contributed by atoms with van der Waals surface area (Å²) in [4.78, 5) is 2.27. The second-order valence-electron chi connectivity index (χ2n) is 6.69. The molecule has 0 saturated heterocycles. The van der Waals surface area contributed by atoms with E-state index in [1.807, 2.05) is 36.9 Å². The van der Waals surface area contributed by atoms with Crippen LogP contribution in [-0.4, -0.2) is 27.3 Å². The number of hydrogen-bond donors (Lipinski definition) is 0. The van der Waals surface area contributed by atoms with E-state index in [-0.39, 0.29) is 11.0 Å². The summed E-state index contributed by atoms with van der Waals surface area (Å²) in [6.07, 6.45) is 2.01. The lowest BCUT2D eigenvalue weighted by Gasteiger charge is -2.25. The predicted octanol–water partition coefficient (Wildman–Crippen LogP) is 4.56. The van der Waals surface area contributed by atoms with Crippen molar-refractivity contribution in [1.29, 1.82) is 0 Å². The molecule has 1 aliphatic rings. The van der Waals surface area contributed by atoms with Gasteiger partial charge in [-0.05, 0) is 50.1 Å². The Bertz CT molecular complexity index is 967. The number of rotatable bonds is 5. The molecule has 2 aromatic carbocycles. The molecule has 26 heavy (non-hydrogen) atoms. The maximum absolute atomic E-state index is 12.0. The minimum Gasteiger partial charge on any atom is -0.490 e. The van der Waals surface area contributed by atoms with Crippen molar-refractivity contribution in [3.05, 3.63) is 59.1 Å². The van der Waals surface area contributed by atoms with Crippen molar-refractivity contribution in [2.75, 3.05) is 17.7 Å². The van der Waals surface area contributed by atoms with Crippen LogP contribution in [-0.2, 0) is 16.3 Å². The molecule has 2 aromatic rings. The van der Waals surface area contributed by atoms with E-state index in [2.05, 4.69) is 6.58 Å². The Balaban J connectivity index is 2.09. The highest BCUT2D eigenvalue weighted by atomic mass is 35.5. The largest absolute Gasteiger partial charge is 0.490 e. The highest BCUT2D eigenvalue weighted by Crippen LogP contribution is 2.41. The molecule has 138 valence electrons. The van der Waals surface area contributed by atoms with Gasteiger partial charge in [0.25, 0.3) is 0 Å². The molecule has 0 saturated carbocycles. The lowest BCUT2D eigenvalue weighted by molar-refractivity contribution is 0.241. The first-order valence-corrected chi connectivity index (χ1v) is 10.7. The molecule has 4 nitrogen and oxygen atoms in total. The third-order valence-electron chi connectivity index (χ3n) is 4.32. The van der Waals surface area contributed by atoms with Crippen LogP contribution in [0.15, 0.2) is 47.9 Å². The first-order valence-electron chi connectivity index (χ1n) is 8.43. The Hall–Kier alpha value is -1.98. The molecular weight excluding hydrogens is 370 g/mol. The van der Waals surface area contributed by atoms with E-state index in [1.54, 1.807) is 18.2 Å². The summed E-state index contributed by atoms with van der Waals surface area (Å²) in [6.45, 7) is 8.83. The molecule has 0 bridgehead atoms. The third kappa shape index (κ3) is 3.60. The highest BCUT2D eigenvalue weighted by molar-refractivity contribution is 7.90. The van der Waals surface area contributed by atoms with Crippen LogP contribution in [0.1, 0.15) is 25.0 Å². The standard InChI is InChI=1S/C20H22ClNO3S/c1-13(2)25-19-9-8-16(26(4,23)24)12-17(19)14(3)22-11-10-15-6-5-7-18(21)20(15)22/h5-9,12-13H,3,10-11H2,1-2,4H3. The number of halogens is 1. The van der Waals surface area contributed by atoms with Crippen molar-refractivity contribution >= 4 is 32.8 Å². The molecule has 0 fully saturated rings. The zero-order valence-electron chi connectivity index (χ0n) is 15.1. The van der Waals surface area contributed by atoms with Gasteiger partial charge in [-0.2, -0.15) is 0 Å². The lowest BCUT2D eigenvalue weighted by Crippen LogP contribution is -2.19. The minimum atomic E-state index is -3.34. The molecule has 0 aliphatic carbocycles. The van der Waals surface area contributed by atoms with Crippen LogP contribution in [0, 0.1) is 0 Å². The van der Waals surface area contributed by atoms with E-state index in [0.29, 0.717) is 22.0 Å². The fourth-order valence-corrected chi connectivity index (χ4v) is 4.09. The van der Waals surface area contributed by atoms with Gasteiger partial charge in [0, 0.05) is 24.1 Å². The summed E-state index contributed by atoms with van der Waals surface area (Å²) < 4.78 is 29.9. The van der Waals surface area contributed by atoms with Gasteiger partial charge in [0.2, 0.25) is 0 Å². The summed E-state index contributed by atoms with van der Waals surface area (Å²) >= 11 is 6.41. The third-order valence-corrected chi connectivity index (χ3v) is 5.74. The van der Waals surface area contributed by atoms with Crippen LogP contribution in [0.5, 0.6) is 5.75 Å². The number of fused-ring (bicyclic) bond motifs is 1. The molecule has 0 N–H and O–H groups in total. The number of anilines is 1. The van der Waals surface area contributed by atoms with Gasteiger partial charge >= 0.3 is 0 Å². The molecule has 0 spiro atoms. The quantitative estimate of drug-likeness (QED) is 0.749. The van der Waals surface area contributed by atoms with E-state index >= 15 is 0 Å². The number of ether oxygens (including phenoxy) is 1. The van der Waals surface area contributed by atoms with Crippen LogP contribution in [0.3, 0.4) is 0 Å². The van der Waals surface area contributed by atoms with Gasteiger partial charge in [0.15, 0.2) is 9.84 Å². The van der Waals surface area contributed by atoms with Crippen LogP contribution < -0.4 is 9.64 Å². The average Bonchev–Trinajstić information content (AvgIpc) is 2.98. The number of benzene rings is 2. The zero-order valence-corrected chi connectivity index (χ0v) is 16.7. The van der Waals surface area contributed by atoms with E-state index in [4.69, 9.17) is 16.3 Å². The molecule has 0 amide bonds. The van der Waals surface area contributed by atoms with Gasteiger partial charge in [-0.15, -0.1) is 0 Å². The highest BCUT2D eigenvalue weighted by Gasteiger charge is 2.26. The zero-order chi connectivity index (χ0) is 19.1. The predicted molar refractivity (Wildman–Crippen MR) is 107 cm³/mol. The summed E-state index contributed by atoms with van der Waals surface area (Å²) in [5, 5.41) is 0.659. The fourth-order valence-electron chi connectivity index (χ4n) is 3.15. The van der Waals surface area contributed by atoms with Crippen LogP contribution in [0.4, 0.5) is 5.69 Å². The van der Waals surface area contributed by atoms with Gasteiger partial charge in [-0.3, -0.25) is 0 Å². The molecule has 0 unspecified atom stereocenters. The SMILES string of the molecule is C=C(c1cc(S(C)(=O)=O)ccc1OC(C)C)N1CCc2cccc(Cl)c21. The lowest BCUT2D eigenvalue weighted by atomic mass is 10.1. The fraction of sp³-hybridized carbons (Fsp3) is 0.300. The van der Waals surface area contributed by atoms with Crippen molar-refractivity contribution < 1.29 is 13.2 Å². The normalized spacial score (nSPS) is 13.8. The van der Waals surface area contributed by atoms with E-state index in [0.717, 1.165) is 24.2 Å². The minimum absolute atomic E-state index is 0.0416. The van der Waals surface area contributed by atoms with Crippen LogP contribution in [0.2, 0.25) is 5.02 Å². The van der Waals surface area contributed by atoms with Crippen LogP contribution >= 0.6 is 11.6 Å². The average molecular weight is 392 g/mol. The summed E-state index contributed by atoms with van der Waals surface area (Å²) in [7, 11) is -3.34. The first kappa shape index (κ1) is 18.8. The summed E-state index contributed by atoms with van der Waals surface area (Å²) in [6, 6.07) is 10.7. The second-order valence-corrected chi connectivity index (χ2v) is 9.12. The van der Waals surface area contributed by atoms with Crippen molar-refractivity contribution in [2.24, 2.45) is 0 Å². The van der Waals surface area contributed by atoms with Gasteiger partial charge in [-0.25, -0.2) is 8.42 Å². The Morgan fingerprint density at radius 3 is 2.65 bits per heavy atom. The molecular formula is C20H22ClNO3S. The number of nitrogens with zero attached hydrogens (tertiary/aromatic N) is 1. The Kier molecular flexibility index (Phi) is 5.04. The van der Waals surface area contributed by atoms with Gasteiger partial charge in [0.1, 0.15) is 5.75 Å². The summed E-state index contributed by atoms with van der Waals surface area (Å²) in [5.41, 5.74) is 3.43. The molecule has 0 atom stereocenters. The Morgan fingerprint density at radius 1 is 1.27 bits per heavy atom. The molecule has 3 rings (SSSR count). The first-order chi connectivity index (χ1) is 12.2. The number of sulfone groups is 1. The molecule has 0 aromatic heterocycles. The van der Waals surface area contributed by atoms with Crippen molar-refractivity contribution in [3.8, 4) is 5.75 Å². The van der Waals surface area contributed by atoms with Crippen molar-refractivity contribution in [3.63, 3.8) is 0 Å². The summed E-state index contributed by atoms with van der Waals surface area (Å²) in [5.74, 6) is 0.609. The van der Waals surface area contributed by atoms with Crippen LogP contribution in [0.25, 0.3) is 5.70 Å². The van der Waals surface area contributed by atoms with Crippen molar-refractivity contribution in [1.82, 2.24) is 0 Å². The van der Waals surface area contributed by atoms with E-state index in [1.165, 1.54) is 6.26 Å². The molecule has 6 heteroatoms. The Labute approximate surface area is 160 Å². The van der Waals surface area contributed by atoms with Gasteiger partial charge in [-0.1, -0.05) is 30.3 Å².